The van der Waals surface area contributed by atoms with Crippen LogP contribution in [0.5, 0.6) is 5.75 Å². The van der Waals surface area contributed by atoms with Crippen LogP contribution in [-0.4, -0.2) is 23.9 Å². The monoisotopic (exact) mass is 342 g/mol. The molecule has 0 heterocycles. The lowest BCUT2D eigenvalue weighted by molar-refractivity contribution is 0.415. The molecule has 0 amide bonds. The van der Waals surface area contributed by atoms with Gasteiger partial charge in [-0.15, -0.1) is 0 Å². The smallest absolute Gasteiger partial charge is 0.261 e. The summed E-state index contributed by atoms with van der Waals surface area (Å²) < 4.78 is 54.5. The molecular formula is C13H14N2O5S2. The van der Waals surface area contributed by atoms with E-state index < -0.39 is 20.0 Å². The molecule has 22 heavy (non-hydrogen) atoms. The summed E-state index contributed by atoms with van der Waals surface area (Å²) >= 11 is 0. The number of anilines is 1. The van der Waals surface area contributed by atoms with Crippen molar-refractivity contribution in [3.05, 3.63) is 48.5 Å². The number of methoxy groups -OCH3 is 1. The summed E-state index contributed by atoms with van der Waals surface area (Å²) in [5, 5.41) is 5.00. The molecule has 7 nitrogen and oxygen atoms in total. The van der Waals surface area contributed by atoms with E-state index in [0.29, 0.717) is 11.4 Å². The number of primary sulfonamides is 1. The number of nitrogens with two attached hydrogens (primary N) is 1. The third-order valence-corrected chi connectivity index (χ3v) is 5.06. The molecule has 0 spiro atoms. The minimum absolute atomic E-state index is 0.207. The van der Waals surface area contributed by atoms with E-state index in [-0.39, 0.29) is 9.79 Å². The molecule has 0 aliphatic rings. The maximum Gasteiger partial charge on any atom is 0.261 e. The van der Waals surface area contributed by atoms with Crippen LogP contribution in [0.15, 0.2) is 58.3 Å². The Morgan fingerprint density at radius 2 is 1.59 bits per heavy atom. The molecule has 2 aromatic carbocycles. The number of sulfonamides is 2. The van der Waals surface area contributed by atoms with E-state index in [1.165, 1.54) is 31.4 Å². The first-order valence-electron chi connectivity index (χ1n) is 6.02. The van der Waals surface area contributed by atoms with Crippen molar-refractivity contribution in [3.63, 3.8) is 0 Å². The molecule has 0 fully saturated rings. The highest BCUT2D eigenvalue weighted by Gasteiger charge is 2.17. The zero-order valence-corrected chi connectivity index (χ0v) is 13.2. The van der Waals surface area contributed by atoms with E-state index in [9.17, 15) is 16.8 Å². The van der Waals surface area contributed by atoms with Crippen molar-refractivity contribution in [1.82, 2.24) is 0 Å². The number of hydrogen-bond acceptors (Lipinski definition) is 5. The van der Waals surface area contributed by atoms with Crippen LogP contribution in [0.2, 0.25) is 0 Å². The molecular weight excluding hydrogens is 328 g/mol. The van der Waals surface area contributed by atoms with Gasteiger partial charge in [-0.1, -0.05) is 12.1 Å². The van der Waals surface area contributed by atoms with Crippen molar-refractivity contribution in [2.45, 2.75) is 9.79 Å². The van der Waals surface area contributed by atoms with Crippen LogP contribution in [0.3, 0.4) is 0 Å². The van der Waals surface area contributed by atoms with Crippen LogP contribution < -0.4 is 14.6 Å². The molecule has 118 valence electrons. The Hall–Kier alpha value is -2.10. The fourth-order valence-electron chi connectivity index (χ4n) is 1.72. The van der Waals surface area contributed by atoms with Crippen molar-refractivity contribution in [2.75, 3.05) is 11.8 Å². The molecule has 9 heteroatoms. The summed E-state index contributed by atoms with van der Waals surface area (Å²) in [5.41, 5.74) is 0.292. The van der Waals surface area contributed by atoms with Crippen molar-refractivity contribution in [3.8, 4) is 5.75 Å². The molecule has 0 saturated carbocycles. The molecule has 0 aliphatic heterocycles. The van der Waals surface area contributed by atoms with E-state index in [1.54, 1.807) is 18.2 Å². The Morgan fingerprint density at radius 1 is 0.955 bits per heavy atom. The molecule has 2 rings (SSSR count). The summed E-state index contributed by atoms with van der Waals surface area (Å²) in [6.07, 6.45) is 0. The van der Waals surface area contributed by atoms with Gasteiger partial charge in [0.25, 0.3) is 10.0 Å². The van der Waals surface area contributed by atoms with Crippen molar-refractivity contribution in [2.24, 2.45) is 5.14 Å². The predicted octanol–water partition coefficient (Wildman–Crippen LogP) is 1.14. The van der Waals surface area contributed by atoms with Crippen LogP contribution in [0.4, 0.5) is 5.69 Å². The standard InChI is InChI=1S/C13H14N2O5S2/c1-20-11-5-2-4-10(8-11)15-22(18,19)13-7-3-6-12(9-13)21(14,16)17/h2-9,15H,1H3,(H2,14,16,17). The van der Waals surface area contributed by atoms with Crippen LogP contribution in [-0.2, 0) is 20.0 Å². The molecule has 0 aliphatic carbocycles. The van der Waals surface area contributed by atoms with Crippen molar-refractivity contribution < 1.29 is 21.6 Å². The average Bonchev–Trinajstić information content (AvgIpc) is 2.46. The van der Waals surface area contributed by atoms with E-state index >= 15 is 0 Å². The van der Waals surface area contributed by atoms with Gasteiger partial charge >= 0.3 is 0 Å². The highest BCUT2D eigenvalue weighted by atomic mass is 32.2. The van der Waals surface area contributed by atoms with Gasteiger partial charge in [-0.05, 0) is 30.3 Å². The van der Waals surface area contributed by atoms with Gasteiger partial charge in [0.2, 0.25) is 10.0 Å². The van der Waals surface area contributed by atoms with Crippen LogP contribution in [0, 0.1) is 0 Å². The van der Waals surface area contributed by atoms with E-state index in [1.807, 2.05) is 0 Å². The summed E-state index contributed by atoms with van der Waals surface area (Å²) in [6.45, 7) is 0. The van der Waals surface area contributed by atoms with E-state index in [0.717, 1.165) is 6.07 Å². The lowest BCUT2D eigenvalue weighted by Gasteiger charge is -2.10. The lowest BCUT2D eigenvalue weighted by Crippen LogP contribution is -2.16. The third-order valence-electron chi connectivity index (χ3n) is 2.77. The predicted molar refractivity (Wildman–Crippen MR) is 81.6 cm³/mol. The average molecular weight is 342 g/mol. The summed E-state index contributed by atoms with van der Waals surface area (Å²) in [6, 6.07) is 11.1. The Kier molecular flexibility index (Phi) is 4.40. The SMILES string of the molecule is COc1cccc(NS(=O)(=O)c2cccc(S(N)(=O)=O)c2)c1. The molecule has 3 N–H and O–H groups in total. The van der Waals surface area contributed by atoms with E-state index in [4.69, 9.17) is 9.88 Å². The quantitative estimate of drug-likeness (QED) is 0.845. The largest absolute Gasteiger partial charge is 0.497 e. The number of benzene rings is 2. The molecule has 0 atom stereocenters. The maximum absolute atomic E-state index is 12.3. The molecule has 0 radical (unpaired) electrons. The number of nitrogens with one attached hydrogen (secondary N) is 1. The third kappa shape index (κ3) is 3.75. The number of hydrogen-bond donors (Lipinski definition) is 2. The second kappa shape index (κ2) is 5.95. The van der Waals surface area contributed by atoms with Crippen molar-refractivity contribution in [1.29, 1.82) is 0 Å². The second-order valence-corrected chi connectivity index (χ2v) is 7.60. The van der Waals surface area contributed by atoms with Gasteiger partial charge in [0.05, 0.1) is 22.6 Å². The minimum atomic E-state index is -3.98. The normalized spacial score (nSPS) is 11.9. The molecule has 0 aromatic heterocycles. The van der Waals surface area contributed by atoms with Crippen LogP contribution in [0.1, 0.15) is 0 Å². The summed E-state index contributed by atoms with van der Waals surface area (Å²) in [5.74, 6) is 0.485. The molecule has 0 bridgehead atoms. The van der Waals surface area contributed by atoms with Gasteiger partial charge < -0.3 is 4.74 Å². The highest BCUT2D eigenvalue weighted by Crippen LogP contribution is 2.21. The number of rotatable bonds is 5. The van der Waals surface area contributed by atoms with Gasteiger partial charge in [0.15, 0.2) is 0 Å². The Bertz CT molecular complexity index is 892. The van der Waals surface area contributed by atoms with Crippen molar-refractivity contribution >= 4 is 25.7 Å². The van der Waals surface area contributed by atoms with Crippen LogP contribution >= 0.6 is 0 Å². The fourth-order valence-corrected chi connectivity index (χ4v) is 3.45. The van der Waals surface area contributed by atoms with Gasteiger partial charge in [-0.3, -0.25) is 4.72 Å². The van der Waals surface area contributed by atoms with Gasteiger partial charge in [0.1, 0.15) is 5.75 Å². The first-order valence-corrected chi connectivity index (χ1v) is 9.05. The van der Waals surface area contributed by atoms with Crippen LogP contribution in [0.25, 0.3) is 0 Å². The van der Waals surface area contributed by atoms with Gasteiger partial charge in [-0.25, -0.2) is 22.0 Å². The Balaban J connectivity index is 2.38. The molecule has 2 aromatic rings. The topological polar surface area (TPSA) is 116 Å². The minimum Gasteiger partial charge on any atom is -0.497 e. The lowest BCUT2D eigenvalue weighted by atomic mass is 10.3. The first kappa shape index (κ1) is 16.3. The molecule has 0 unspecified atom stereocenters. The summed E-state index contributed by atoms with van der Waals surface area (Å²) in [4.78, 5) is -0.483. The fraction of sp³-hybridized carbons (Fsp3) is 0.0769. The highest BCUT2D eigenvalue weighted by molar-refractivity contribution is 7.93. The van der Waals surface area contributed by atoms with Gasteiger partial charge in [0, 0.05) is 6.07 Å². The van der Waals surface area contributed by atoms with E-state index in [2.05, 4.69) is 4.72 Å². The maximum atomic E-state index is 12.3. The number of ether oxygens (including phenoxy) is 1. The first-order chi connectivity index (χ1) is 10.2. The zero-order valence-electron chi connectivity index (χ0n) is 11.6. The zero-order chi connectivity index (χ0) is 16.4. The Morgan fingerprint density at radius 3 is 2.23 bits per heavy atom. The summed E-state index contributed by atoms with van der Waals surface area (Å²) in [7, 11) is -6.47. The second-order valence-electron chi connectivity index (χ2n) is 4.36. The molecule has 0 saturated heterocycles. The Labute approximate surface area is 128 Å². The van der Waals surface area contributed by atoms with Gasteiger partial charge in [-0.2, -0.15) is 0 Å².